The van der Waals surface area contributed by atoms with Crippen LogP contribution in [0.4, 0.5) is 0 Å². The van der Waals surface area contributed by atoms with Crippen LogP contribution in [0.3, 0.4) is 0 Å². The van der Waals surface area contributed by atoms with Crippen molar-refractivity contribution in [3.63, 3.8) is 0 Å². The monoisotopic (exact) mass is 286 g/mol. The van der Waals surface area contributed by atoms with Gasteiger partial charge in [-0.1, -0.05) is 31.9 Å². The number of aliphatic hydroxyl groups excluding tert-OH is 1. The maximum atomic E-state index is 8.90. The molecule has 1 rings (SSSR count). The van der Waals surface area contributed by atoms with E-state index >= 15 is 0 Å². The molecule has 1 aliphatic carbocycles. The summed E-state index contributed by atoms with van der Waals surface area (Å²) in [6.45, 7) is 0. The van der Waals surface area contributed by atoms with Crippen molar-refractivity contribution >= 4 is 31.9 Å². The lowest BCUT2D eigenvalue weighted by atomic mass is 9.89. The summed E-state index contributed by atoms with van der Waals surface area (Å²) in [5, 5.41) is 17.8. The third-order valence-electron chi connectivity index (χ3n) is 2.16. The van der Waals surface area contributed by atoms with Crippen molar-refractivity contribution in [3.05, 3.63) is 0 Å². The number of aliphatic hydroxyl groups is 2. The summed E-state index contributed by atoms with van der Waals surface area (Å²) in [4.78, 5) is 0.862. The summed E-state index contributed by atoms with van der Waals surface area (Å²) in [5.41, 5.74) is 0. The molecule has 66 valence electrons. The first-order valence-electron chi connectivity index (χ1n) is 3.75. The van der Waals surface area contributed by atoms with Crippen LogP contribution in [0.2, 0.25) is 0 Å². The van der Waals surface area contributed by atoms with Crippen molar-refractivity contribution in [3.8, 4) is 0 Å². The molecule has 1 fully saturated rings. The topological polar surface area (TPSA) is 40.5 Å². The van der Waals surface area contributed by atoms with Crippen LogP contribution >= 0.6 is 31.9 Å². The van der Waals surface area contributed by atoms with Crippen LogP contribution in [0.1, 0.15) is 19.3 Å². The van der Waals surface area contributed by atoms with E-state index in [1.807, 2.05) is 0 Å². The van der Waals surface area contributed by atoms with E-state index in [9.17, 15) is 0 Å². The molecular weight excluding hydrogens is 276 g/mol. The Hall–Kier alpha value is 0.880. The van der Waals surface area contributed by atoms with Gasteiger partial charge in [0.25, 0.3) is 0 Å². The minimum absolute atomic E-state index is 0.0492. The van der Waals surface area contributed by atoms with E-state index in [-0.39, 0.29) is 5.92 Å². The van der Waals surface area contributed by atoms with E-state index < -0.39 is 6.29 Å². The molecule has 4 heteroatoms. The van der Waals surface area contributed by atoms with Gasteiger partial charge >= 0.3 is 0 Å². The highest BCUT2D eigenvalue weighted by molar-refractivity contribution is 9.12. The van der Waals surface area contributed by atoms with Gasteiger partial charge in [0.2, 0.25) is 0 Å². The largest absolute Gasteiger partial charge is 0.368 e. The molecule has 1 aliphatic rings. The van der Waals surface area contributed by atoms with Gasteiger partial charge in [-0.25, -0.2) is 0 Å². The summed E-state index contributed by atoms with van der Waals surface area (Å²) in [5.74, 6) is 0.0492. The summed E-state index contributed by atoms with van der Waals surface area (Å²) in [6.07, 6.45) is 1.61. The predicted molar refractivity (Wildman–Crippen MR) is 51.0 cm³/mol. The van der Waals surface area contributed by atoms with Crippen LogP contribution in [0.25, 0.3) is 0 Å². The quantitative estimate of drug-likeness (QED) is 0.568. The second-order valence-corrected chi connectivity index (χ2v) is 5.37. The third-order valence-corrected chi connectivity index (χ3v) is 4.97. The van der Waals surface area contributed by atoms with Gasteiger partial charge in [-0.2, -0.15) is 0 Å². The van der Waals surface area contributed by atoms with E-state index in [4.69, 9.17) is 10.2 Å². The van der Waals surface area contributed by atoms with Crippen molar-refractivity contribution in [2.45, 2.75) is 35.2 Å². The Labute approximate surface area is 83.2 Å². The van der Waals surface area contributed by atoms with Gasteiger partial charge in [-0.3, -0.25) is 0 Å². The van der Waals surface area contributed by atoms with E-state index in [1.54, 1.807) is 0 Å². The first kappa shape index (κ1) is 9.96. The molecule has 0 amide bonds. The smallest absolute Gasteiger partial charge is 0.154 e. The molecule has 0 bridgehead atoms. The van der Waals surface area contributed by atoms with E-state index in [0.29, 0.717) is 9.65 Å². The number of hydrogen-bond donors (Lipinski definition) is 2. The van der Waals surface area contributed by atoms with Gasteiger partial charge < -0.3 is 10.2 Å². The molecule has 0 saturated heterocycles. The second kappa shape index (κ2) is 4.21. The summed E-state index contributed by atoms with van der Waals surface area (Å²) in [6, 6.07) is 0. The minimum Gasteiger partial charge on any atom is -0.368 e. The summed E-state index contributed by atoms with van der Waals surface area (Å²) in [7, 11) is 0. The van der Waals surface area contributed by atoms with Crippen LogP contribution < -0.4 is 0 Å². The first-order valence-corrected chi connectivity index (χ1v) is 5.58. The van der Waals surface area contributed by atoms with Crippen molar-refractivity contribution in [1.82, 2.24) is 0 Å². The Morgan fingerprint density at radius 2 is 1.73 bits per heavy atom. The number of rotatable bonds is 1. The second-order valence-electron chi connectivity index (χ2n) is 3.02. The standard InChI is InChI=1S/C7H12Br2O2/c8-5-2-1-4(7(10)11)3-6(5)9/h4-7,10-11H,1-3H2. The van der Waals surface area contributed by atoms with Crippen molar-refractivity contribution in [1.29, 1.82) is 0 Å². The Kier molecular flexibility index (Phi) is 3.81. The Morgan fingerprint density at radius 1 is 1.09 bits per heavy atom. The zero-order chi connectivity index (χ0) is 8.43. The van der Waals surface area contributed by atoms with Gasteiger partial charge in [0, 0.05) is 15.6 Å². The van der Waals surface area contributed by atoms with Crippen LogP contribution in [-0.2, 0) is 0 Å². The van der Waals surface area contributed by atoms with Crippen molar-refractivity contribution in [2.75, 3.05) is 0 Å². The van der Waals surface area contributed by atoms with Crippen molar-refractivity contribution < 1.29 is 10.2 Å². The average molecular weight is 288 g/mol. The molecule has 0 aromatic carbocycles. The maximum absolute atomic E-state index is 8.90. The van der Waals surface area contributed by atoms with Gasteiger partial charge in [0.05, 0.1) is 0 Å². The molecule has 3 unspecified atom stereocenters. The minimum atomic E-state index is -1.14. The molecule has 0 aromatic rings. The number of halogens is 2. The van der Waals surface area contributed by atoms with E-state index in [0.717, 1.165) is 19.3 Å². The van der Waals surface area contributed by atoms with Gasteiger partial charge in [0.15, 0.2) is 6.29 Å². The molecule has 3 atom stereocenters. The Morgan fingerprint density at radius 3 is 2.18 bits per heavy atom. The van der Waals surface area contributed by atoms with Crippen LogP contribution in [-0.4, -0.2) is 26.2 Å². The summed E-state index contributed by atoms with van der Waals surface area (Å²) < 4.78 is 0. The fraction of sp³-hybridized carbons (Fsp3) is 1.00. The Balaban J connectivity index is 2.40. The molecule has 0 radical (unpaired) electrons. The molecule has 11 heavy (non-hydrogen) atoms. The lowest BCUT2D eigenvalue weighted by molar-refractivity contribution is -0.0913. The zero-order valence-electron chi connectivity index (χ0n) is 6.08. The normalized spacial score (nSPS) is 39.5. The lowest BCUT2D eigenvalue weighted by Gasteiger charge is -2.30. The van der Waals surface area contributed by atoms with Gasteiger partial charge in [0.1, 0.15) is 0 Å². The Bertz CT molecular complexity index is 130. The van der Waals surface area contributed by atoms with Crippen LogP contribution in [0, 0.1) is 5.92 Å². The molecule has 0 aromatic heterocycles. The molecule has 2 nitrogen and oxygen atoms in total. The molecular formula is C7H12Br2O2. The van der Waals surface area contributed by atoms with Crippen LogP contribution in [0.5, 0.6) is 0 Å². The molecule has 0 aliphatic heterocycles. The molecule has 0 heterocycles. The SMILES string of the molecule is OC(O)C1CCC(Br)C(Br)C1. The fourth-order valence-electron chi connectivity index (χ4n) is 1.38. The number of hydrogen-bond acceptors (Lipinski definition) is 2. The van der Waals surface area contributed by atoms with Gasteiger partial charge in [-0.05, 0) is 19.3 Å². The van der Waals surface area contributed by atoms with E-state index in [2.05, 4.69) is 31.9 Å². The van der Waals surface area contributed by atoms with Gasteiger partial charge in [-0.15, -0.1) is 0 Å². The maximum Gasteiger partial charge on any atom is 0.154 e. The predicted octanol–water partition coefficient (Wildman–Crippen LogP) is 1.62. The summed E-state index contributed by atoms with van der Waals surface area (Å²) >= 11 is 7.01. The highest BCUT2D eigenvalue weighted by Gasteiger charge is 2.29. The molecule has 0 spiro atoms. The highest BCUT2D eigenvalue weighted by atomic mass is 79.9. The van der Waals surface area contributed by atoms with E-state index in [1.165, 1.54) is 0 Å². The lowest BCUT2D eigenvalue weighted by Crippen LogP contribution is -2.31. The van der Waals surface area contributed by atoms with Crippen molar-refractivity contribution in [2.24, 2.45) is 5.92 Å². The average Bonchev–Trinajstić information content (AvgIpc) is 1.94. The fourth-order valence-corrected chi connectivity index (χ4v) is 2.60. The first-order chi connectivity index (χ1) is 5.11. The highest BCUT2D eigenvalue weighted by Crippen LogP contribution is 2.34. The molecule has 1 saturated carbocycles. The molecule has 2 N–H and O–H groups in total. The van der Waals surface area contributed by atoms with Crippen LogP contribution in [0.15, 0.2) is 0 Å². The number of alkyl halides is 2. The third kappa shape index (κ3) is 2.68. The zero-order valence-corrected chi connectivity index (χ0v) is 9.25.